The Morgan fingerprint density at radius 2 is 1.16 bits per heavy atom. The van der Waals surface area contributed by atoms with Gasteiger partial charge in [-0.05, 0) is 90.6 Å². The maximum atomic E-state index is 13.0. The number of aromatic nitrogens is 2. The Kier molecular flexibility index (Phi) is 10.5. The first-order chi connectivity index (χ1) is 24.7. The lowest BCUT2D eigenvalue weighted by Gasteiger charge is -2.35. The van der Waals surface area contributed by atoms with Crippen molar-refractivity contribution in [3.8, 4) is 0 Å². The van der Waals surface area contributed by atoms with Crippen molar-refractivity contribution < 1.29 is 31.0 Å². The third-order valence-electron chi connectivity index (χ3n) is 9.49. The van der Waals surface area contributed by atoms with Crippen molar-refractivity contribution in [2.75, 3.05) is 19.8 Å². The van der Waals surface area contributed by atoms with Crippen molar-refractivity contribution in [2.45, 2.75) is 53.2 Å². The minimum absolute atomic E-state index is 0.280. The number of benzene rings is 4. The van der Waals surface area contributed by atoms with Crippen molar-refractivity contribution >= 4 is 57.8 Å². The standard InChI is InChI=1S/C24H27NO5S.C15H12BrNO2S/c26-31(27,22-4-2-1-3-5-22)25-13-10-21-16-20(6-7-23(21)25)18-28-17-19-8-11-24(12-9-19)29-14-15-30-24;16-11-12-6-7-15-13(10-12)8-9-17(15)20(18,19)14-4-2-1-3-5-14/h1-7,10,13,16,19H,8-9,11-12,14-15,17-18H2;1-10H,11H2. The lowest BCUT2D eigenvalue weighted by atomic mass is 9.85. The zero-order valence-corrected chi connectivity index (χ0v) is 31.2. The molecule has 0 amide bonds. The van der Waals surface area contributed by atoms with Gasteiger partial charge in [0.05, 0.1) is 40.6 Å². The van der Waals surface area contributed by atoms with Gasteiger partial charge in [-0.2, -0.15) is 0 Å². The van der Waals surface area contributed by atoms with Gasteiger partial charge < -0.3 is 14.2 Å². The Bertz CT molecular complexity index is 2320. The third-order valence-corrected chi connectivity index (χ3v) is 13.6. The van der Waals surface area contributed by atoms with Crippen LogP contribution in [0.25, 0.3) is 21.8 Å². The van der Waals surface area contributed by atoms with E-state index in [-0.39, 0.29) is 10.7 Å². The van der Waals surface area contributed by atoms with Gasteiger partial charge >= 0.3 is 0 Å². The zero-order valence-electron chi connectivity index (χ0n) is 27.9. The molecule has 8 rings (SSSR count). The van der Waals surface area contributed by atoms with Crippen LogP contribution in [0, 0.1) is 5.92 Å². The summed E-state index contributed by atoms with van der Waals surface area (Å²) in [5.41, 5.74) is 3.52. The Labute approximate surface area is 307 Å². The predicted molar refractivity (Wildman–Crippen MR) is 201 cm³/mol. The fraction of sp³-hybridized carbons (Fsp3) is 0.282. The summed E-state index contributed by atoms with van der Waals surface area (Å²) in [6, 6.07) is 32.2. The van der Waals surface area contributed by atoms with Crippen LogP contribution in [-0.2, 0) is 46.2 Å². The van der Waals surface area contributed by atoms with E-state index in [0.29, 0.717) is 41.7 Å². The van der Waals surface area contributed by atoms with E-state index in [2.05, 4.69) is 15.9 Å². The monoisotopic (exact) mass is 790 g/mol. The fourth-order valence-electron chi connectivity index (χ4n) is 6.75. The average Bonchev–Trinajstić information content (AvgIpc) is 3.92. The number of hydrogen-bond donors (Lipinski definition) is 0. The first-order valence-corrected chi connectivity index (χ1v) is 20.9. The van der Waals surface area contributed by atoms with E-state index in [1.807, 2.05) is 48.5 Å². The molecule has 3 heterocycles. The molecule has 1 saturated carbocycles. The molecular formula is C39H39BrN2O7S2. The number of rotatable bonds is 9. The number of nitrogens with zero attached hydrogens (tertiary/aromatic N) is 2. The van der Waals surface area contributed by atoms with Crippen LogP contribution < -0.4 is 0 Å². The Balaban J connectivity index is 0.000000175. The van der Waals surface area contributed by atoms with Gasteiger partial charge in [-0.3, -0.25) is 0 Å². The lowest BCUT2D eigenvalue weighted by Crippen LogP contribution is -2.36. The third kappa shape index (κ3) is 7.58. The summed E-state index contributed by atoms with van der Waals surface area (Å²) < 4.78 is 71.4. The van der Waals surface area contributed by atoms with Gasteiger partial charge in [-0.1, -0.05) is 64.5 Å². The summed E-state index contributed by atoms with van der Waals surface area (Å²) >= 11 is 3.40. The smallest absolute Gasteiger partial charge is 0.268 e. The van der Waals surface area contributed by atoms with Crippen molar-refractivity contribution in [3.63, 3.8) is 0 Å². The number of hydrogen-bond acceptors (Lipinski definition) is 7. The molecule has 12 heteroatoms. The Hall–Kier alpha value is -3.78. The molecule has 6 aromatic rings. The van der Waals surface area contributed by atoms with Crippen molar-refractivity contribution in [2.24, 2.45) is 5.92 Å². The van der Waals surface area contributed by atoms with Crippen LogP contribution in [0.1, 0.15) is 36.8 Å². The van der Waals surface area contributed by atoms with E-state index >= 15 is 0 Å². The van der Waals surface area contributed by atoms with E-state index in [0.717, 1.165) is 59.5 Å². The van der Waals surface area contributed by atoms with Gasteiger partial charge in [-0.25, -0.2) is 24.8 Å². The van der Waals surface area contributed by atoms with Crippen LogP contribution in [0.4, 0.5) is 0 Å². The topological polar surface area (TPSA) is 106 Å². The molecule has 1 spiro atoms. The molecule has 51 heavy (non-hydrogen) atoms. The number of alkyl halides is 1. The maximum Gasteiger partial charge on any atom is 0.268 e. The van der Waals surface area contributed by atoms with Crippen molar-refractivity contribution in [1.29, 1.82) is 0 Å². The maximum absolute atomic E-state index is 13.0. The molecule has 0 atom stereocenters. The van der Waals surface area contributed by atoms with Gasteiger partial charge in [0, 0.05) is 47.9 Å². The summed E-state index contributed by atoms with van der Waals surface area (Å²) in [7, 11) is -7.15. The molecule has 0 bridgehead atoms. The van der Waals surface area contributed by atoms with Gasteiger partial charge in [0.25, 0.3) is 20.0 Å². The van der Waals surface area contributed by atoms with Gasteiger partial charge in [0.15, 0.2) is 5.79 Å². The van der Waals surface area contributed by atoms with Crippen molar-refractivity contribution in [1.82, 2.24) is 7.94 Å². The number of halogens is 1. The highest BCUT2D eigenvalue weighted by atomic mass is 79.9. The second kappa shape index (κ2) is 15.1. The highest BCUT2D eigenvalue weighted by Gasteiger charge is 2.40. The molecule has 4 aromatic carbocycles. The fourth-order valence-corrected chi connectivity index (χ4v) is 9.85. The molecule has 1 saturated heterocycles. The van der Waals surface area contributed by atoms with Crippen LogP contribution in [0.3, 0.4) is 0 Å². The van der Waals surface area contributed by atoms with Crippen LogP contribution >= 0.6 is 15.9 Å². The molecule has 2 aromatic heterocycles. The van der Waals surface area contributed by atoms with Gasteiger partial charge in [-0.15, -0.1) is 0 Å². The van der Waals surface area contributed by atoms with Crippen LogP contribution in [-0.4, -0.2) is 50.4 Å². The minimum Gasteiger partial charge on any atom is -0.376 e. The summed E-state index contributed by atoms with van der Waals surface area (Å²) in [5.74, 6) is 0.202. The van der Waals surface area contributed by atoms with E-state index in [1.165, 1.54) is 7.94 Å². The molecule has 2 fully saturated rings. The highest BCUT2D eigenvalue weighted by molar-refractivity contribution is 9.08. The summed E-state index contributed by atoms with van der Waals surface area (Å²) in [4.78, 5) is 0.574. The largest absolute Gasteiger partial charge is 0.376 e. The molecule has 9 nitrogen and oxygen atoms in total. The molecule has 0 N–H and O–H groups in total. The lowest BCUT2D eigenvalue weighted by molar-refractivity contribution is -0.184. The van der Waals surface area contributed by atoms with Gasteiger partial charge in [0.1, 0.15) is 0 Å². The second-order valence-electron chi connectivity index (χ2n) is 12.8. The first-order valence-electron chi connectivity index (χ1n) is 16.9. The van der Waals surface area contributed by atoms with Crippen LogP contribution in [0.15, 0.2) is 131 Å². The Morgan fingerprint density at radius 1 is 0.667 bits per heavy atom. The molecule has 0 unspecified atom stereocenters. The summed E-state index contributed by atoms with van der Waals surface area (Å²) in [5, 5.41) is 2.55. The van der Waals surface area contributed by atoms with Crippen molar-refractivity contribution in [3.05, 3.63) is 133 Å². The first kappa shape index (κ1) is 35.6. The SMILES string of the molecule is O=S(=O)(c1ccccc1)n1ccc2cc(CBr)ccc21.O=S(=O)(c1ccccc1)n1ccc2cc(COCC3CCC4(CC3)OCCO4)ccc21. The quantitative estimate of drug-likeness (QED) is 0.136. The minimum atomic E-state index is -3.61. The van der Waals surface area contributed by atoms with E-state index in [9.17, 15) is 16.8 Å². The van der Waals surface area contributed by atoms with E-state index in [4.69, 9.17) is 14.2 Å². The molecule has 2 aliphatic rings. The number of ether oxygens (including phenoxy) is 3. The summed E-state index contributed by atoms with van der Waals surface area (Å²) in [6.45, 7) is 2.65. The van der Waals surface area contributed by atoms with Crippen LogP contribution in [0.2, 0.25) is 0 Å². The molecule has 0 radical (unpaired) electrons. The summed E-state index contributed by atoms with van der Waals surface area (Å²) in [6.07, 6.45) is 7.21. The van der Waals surface area contributed by atoms with Gasteiger partial charge in [0.2, 0.25) is 0 Å². The normalized spacial score (nSPS) is 16.4. The second-order valence-corrected chi connectivity index (χ2v) is 17.0. The molecule has 1 aliphatic carbocycles. The molecule has 1 aliphatic heterocycles. The van der Waals surface area contributed by atoms with Crippen LogP contribution in [0.5, 0.6) is 0 Å². The predicted octanol–water partition coefficient (Wildman–Crippen LogP) is 8.10. The number of fused-ring (bicyclic) bond motifs is 2. The highest BCUT2D eigenvalue weighted by Crippen LogP contribution is 2.38. The molecule has 266 valence electrons. The Morgan fingerprint density at radius 3 is 1.67 bits per heavy atom. The van der Waals surface area contributed by atoms with E-state index in [1.54, 1.807) is 73.1 Å². The zero-order chi connectivity index (χ0) is 35.5. The average molecular weight is 792 g/mol. The van der Waals surface area contributed by atoms with E-state index < -0.39 is 20.0 Å². The molecular weight excluding hydrogens is 752 g/mol.